The Balaban J connectivity index is 2.30. The van der Waals surface area contributed by atoms with Crippen molar-refractivity contribution in [3.8, 4) is 0 Å². The molecule has 20 heavy (non-hydrogen) atoms. The van der Waals surface area contributed by atoms with Crippen LogP contribution < -0.4 is 5.73 Å². The van der Waals surface area contributed by atoms with E-state index in [1.165, 1.54) is 32.1 Å². The third-order valence-electron chi connectivity index (χ3n) is 5.21. The Morgan fingerprint density at radius 1 is 1.25 bits per heavy atom. The summed E-state index contributed by atoms with van der Waals surface area (Å²) in [4.78, 5) is 2.47. The number of hydrogen-bond donors (Lipinski definition) is 1. The number of hydrogen-bond acceptors (Lipinski definition) is 3. The number of rotatable bonds is 9. The summed E-state index contributed by atoms with van der Waals surface area (Å²) >= 11 is 0. The average molecular weight is 284 g/mol. The van der Waals surface area contributed by atoms with Crippen molar-refractivity contribution in [2.24, 2.45) is 17.6 Å². The van der Waals surface area contributed by atoms with Crippen molar-refractivity contribution in [1.29, 1.82) is 0 Å². The molecule has 0 aromatic rings. The molecule has 1 saturated carbocycles. The Labute approximate surface area is 126 Å². The van der Waals surface area contributed by atoms with Gasteiger partial charge in [0.1, 0.15) is 0 Å². The number of likely N-dealkylation sites (N-methyl/N-ethyl adjacent to an activating group) is 1. The molecule has 0 unspecified atom stereocenters. The summed E-state index contributed by atoms with van der Waals surface area (Å²) < 4.78 is 5.76. The lowest BCUT2D eigenvalue weighted by atomic mass is 9.75. The first-order valence-corrected chi connectivity index (χ1v) is 8.53. The molecule has 120 valence electrons. The van der Waals surface area contributed by atoms with Crippen LogP contribution >= 0.6 is 0 Å². The zero-order valence-electron chi connectivity index (χ0n) is 14.2. The fourth-order valence-corrected chi connectivity index (χ4v) is 3.22. The first-order valence-electron chi connectivity index (χ1n) is 8.53. The Hall–Kier alpha value is -0.120. The third-order valence-corrected chi connectivity index (χ3v) is 5.21. The van der Waals surface area contributed by atoms with E-state index in [4.69, 9.17) is 10.5 Å². The van der Waals surface area contributed by atoms with Gasteiger partial charge in [0.25, 0.3) is 0 Å². The molecule has 0 bridgehead atoms. The van der Waals surface area contributed by atoms with Crippen LogP contribution in [0.4, 0.5) is 0 Å². The molecule has 0 spiro atoms. The fourth-order valence-electron chi connectivity index (χ4n) is 3.22. The molecular formula is C17H36N2O. The third kappa shape index (κ3) is 5.34. The summed E-state index contributed by atoms with van der Waals surface area (Å²) in [5.41, 5.74) is 6.34. The lowest BCUT2D eigenvalue weighted by molar-refractivity contribution is 0.0300. The van der Waals surface area contributed by atoms with E-state index in [-0.39, 0.29) is 5.54 Å². The highest BCUT2D eigenvalue weighted by atomic mass is 16.5. The lowest BCUT2D eigenvalue weighted by Gasteiger charge is -2.46. The van der Waals surface area contributed by atoms with Crippen LogP contribution in [0, 0.1) is 11.8 Å². The summed E-state index contributed by atoms with van der Waals surface area (Å²) in [6.45, 7) is 10.3. The summed E-state index contributed by atoms with van der Waals surface area (Å²) in [5, 5.41) is 0. The van der Waals surface area contributed by atoms with Gasteiger partial charge in [-0.25, -0.2) is 0 Å². The van der Waals surface area contributed by atoms with Gasteiger partial charge >= 0.3 is 0 Å². The zero-order chi connectivity index (χ0) is 15.0. The van der Waals surface area contributed by atoms with Crippen LogP contribution in [-0.4, -0.2) is 43.8 Å². The maximum absolute atomic E-state index is 6.11. The van der Waals surface area contributed by atoms with Crippen LogP contribution in [0.1, 0.15) is 59.3 Å². The van der Waals surface area contributed by atoms with Gasteiger partial charge in [-0.1, -0.05) is 27.2 Å². The van der Waals surface area contributed by atoms with E-state index in [9.17, 15) is 0 Å². The maximum Gasteiger partial charge on any atom is 0.0593 e. The molecule has 0 saturated heterocycles. The predicted octanol–water partition coefficient (Wildman–Crippen LogP) is 3.28. The van der Waals surface area contributed by atoms with Gasteiger partial charge < -0.3 is 10.5 Å². The topological polar surface area (TPSA) is 38.5 Å². The van der Waals surface area contributed by atoms with Gasteiger partial charge in [0.2, 0.25) is 0 Å². The Morgan fingerprint density at radius 2 is 1.90 bits per heavy atom. The van der Waals surface area contributed by atoms with Crippen molar-refractivity contribution in [2.75, 3.05) is 33.4 Å². The summed E-state index contributed by atoms with van der Waals surface area (Å²) in [7, 11) is 2.23. The van der Waals surface area contributed by atoms with Crippen LogP contribution in [0.5, 0.6) is 0 Å². The van der Waals surface area contributed by atoms with E-state index < -0.39 is 0 Å². The van der Waals surface area contributed by atoms with Crippen LogP contribution in [0.15, 0.2) is 0 Å². The predicted molar refractivity (Wildman–Crippen MR) is 86.9 cm³/mol. The fraction of sp³-hybridized carbons (Fsp3) is 1.00. The largest absolute Gasteiger partial charge is 0.380 e. The number of ether oxygens (including phenoxy) is 1. The Kier molecular flexibility index (Phi) is 8.08. The summed E-state index contributed by atoms with van der Waals surface area (Å²) in [5.74, 6) is 1.65. The zero-order valence-corrected chi connectivity index (χ0v) is 14.2. The minimum Gasteiger partial charge on any atom is -0.380 e. The van der Waals surface area contributed by atoms with Crippen LogP contribution in [0.2, 0.25) is 0 Å². The molecule has 0 aromatic carbocycles. The van der Waals surface area contributed by atoms with E-state index in [0.29, 0.717) is 0 Å². The van der Waals surface area contributed by atoms with E-state index in [0.717, 1.165) is 44.6 Å². The SMILES string of the molecule is CCC1CCC(CN)(N(C)CCOCCC(C)C)CC1. The monoisotopic (exact) mass is 284 g/mol. The molecule has 0 aliphatic heterocycles. The van der Waals surface area contributed by atoms with E-state index >= 15 is 0 Å². The molecule has 0 radical (unpaired) electrons. The van der Waals surface area contributed by atoms with Crippen molar-refractivity contribution < 1.29 is 4.74 Å². The molecule has 1 fully saturated rings. The van der Waals surface area contributed by atoms with Gasteiger partial charge in [-0.3, -0.25) is 4.90 Å². The Morgan fingerprint density at radius 3 is 2.40 bits per heavy atom. The van der Waals surface area contributed by atoms with Gasteiger partial charge in [-0.15, -0.1) is 0 Å². The number of nitrogens with zero attached hydrogens (tertiary/aromatic N) is 1. The minimum atomic E-state index is 0.229. The highest BCUT2D eigenvalue weighted by Crippen LogP contribution is 2.36. The second-order valence-electron chi connectivity index (χ2n) is 7.00. The molecule has 0 aromatic heterocycles. The van der Waals surface area contributed by atoms with Crippen molar-refractivity contribution in [3.63, 3.8) is 0 Å². The van der Waals surface area contributed by atoms with Gasteiger partial charge in [0.15, 0.2) is 0 Å². The second kappa shape index (κ2) is 9.01. The van der Waals surface area contributed by atoms with Gasteiger partial charge in [-0.05, 0) is 51.0 Å². The van der Waals surface area contributed by atoms with Crippen LogP contribution in [0.25, 0.3) is 0 Å². The molecule has 0 amide bonds. The van der Waals surface area contributed by atoms with Gasteiger partial charge in [0, 0.05) is 25.2 Å². The molecule has 1 aliphatic rings. The maximum atomic E-state index is 6.11. The van der Waals surface area contributed by atoms with Crippen LogP contribution in [-0.2, 0) is 4.74 Å². The minimum absolute atomic E-state index is 0.229. The molecule has 1 rings (SSSR count). The van der Waals surface area contributed by atoms with E-state index in [1.54, 1.807) is 0 Å². The van der Waals surface area contributed by atoms with Gasteiger partial charge in [-0.2, -0.15) is 0 Å². The summed E-state index contributed by atoms with van der Waals surface area (Å²) in [6, 6.07) is 0. The second-order valence-corrected chi connectivity index (χ2v) is 7.00. The summed E-state index contributed by atoms with van der Waals surface area (Å²) in [6.07, 6.45) is 7.67. The molecule has 0 heterocycles. The van der Waals surface area contributed by atoms with E-state index in [2.05, 4.69) is 32.7 Å². The molecular weight excluding hydrogens is 248 g/mol. The average Bonchev–Trinajstić information content (AvgIpc) is 2.46. The Bertz CT molecular complexity index is 247. The van der Waals surface area contributed by atoms with Gasteiger partial charge in [0.05, 0.1) is 6.61 Å². The van der Waals surface area contributed by atoms with Crippen molar-refractivity contribution in [2.45, 2.75) is 64.8 Å². The van der Waals surface area contributed by atoms with Crippen molar-refractivity contribution >= 4 is 0 Å². The molecule has 0 atom stereocenters. The molecule has 3 heteroatoms. The highest BCUT2D eigenvalue weighted by Gasteiger charge is 2.36. The van der Waals surface area contributed by atoms with E-state index in [1.807, 2.05) is 0 Å². The first-order chi connectivity index (χ1) is 9.54. The quantitative estimate of drug-likeness (QED) is 0.660. The standard InChI is InChI=1S/C17H36N2O/c1-5-16-6-9-17(14-18,10-7-16)19(4)11-13-20-12-8-15(2)3/h15-16H,5-14,18H2,1-4H3. The highest BCUT2D eigenvalue weighted by molar-refractivity contribution is 4.94. The smallest absolute Gasteiger partial charge is 0.0593 e. The van der Waals surface area contributed by atoms with Crippen LogP contribution in [0.3, 0.4) is 0 Å². The normalized spacial score (nSPS) is 27.4. The molecule has 2 N–H and O–H groups in total. The lowest BCUT2D eigenvalue weighted by Crippen LogP contribution is -2.54. The van der Waals surface area contributed by atoms with Crippen molar-refractivity contribution in [1.82, 2.24) is 4.90 Å². The molecule has 3 nitrogen and oxygen atoms in total. The first kappa shape index (κ1) is 17.9. The number of nitrogens with two attached hydrogens (primary N) is 1. The van der Waals surface area contributed by atoms with Crippen molar-refractivity contribution in [3.05, 3.63) is 0 Å². The molecule has 1 aliphatic carbocycles.